The highest BCUT2D eigenvalue weighted by Crippen LogP contribution is 2.22. The summed E-state index contributed by atoms with van der Waals surface area (Å²) in [6.45, 7) is 5.87. The van der Waals surface area contributed by atoms with E-state index in [1.165, 1.54) is 22.3 Å². The summed E-state index contributed by atoms with van der Waals surface area (Å²) in [5.74, 6) is -0.244. The van der Waals surface area contributed by atoms with Crippen LogP contribution in [0.5, 0.6) is 0 Å². The molecule has 2 amide bonds. The highest BCUT2D eigenvalue weighted by Gasteiger charge is 2.19. The van der Waals surface area contributed by atoms with Crippen LogP contribution in [0.4, 0.5) is 10.5 Å². The smallest absolute Gasteiger partial charge is 0.410 e. The van der Waals surface area contributed by atoms with Gasteiger partial charge in [-0.1, -0.05) is 24.3 Å². The predicted molar refractivity (Wildman–Crippen MR) is 121 cm³/mol. The van der Waals surface area contributed by atoms with Gasteiger partial charge >= 0.3 is 6.09 Å². The predicted octanol–water partition coefficient (Wildman–Crippen LogP) is 5.32. The molecule has 0 radical (unpaired) electrons. The number of aromatic nitrogens is 1. The van der Waals surface area contributed by atoms with Crippen LogP contribution < -0.4 is 5.32 Å². The molecule has 0 bridgehead atoms. The zero-order chi connectivity index (χ0) is 21.7. The number of carbonyl (C=O) groups is 2. The van der Waals surface area contributed by atoms with Crippen LogP contribution in [-0.2, 0) is 16.1 Å². The van der Waals surface area contributed by atoms with Crippen LogP contribution in [0.3, 0.4) is 0 Å². The molecule has 1 aromatic heterocycles. The second-order valence-corrected chi connectivity index (χ2v) is 8.94. The van der Waals surface area contributed by atoms with E-state index in [2.05, 4.69) is 10.3 Å². The minimum absolute atomic E-state index is 0.244. The Balaban J connectivity index is 1.60. The topological polar surface area (TPSA) is 71.5 Å². The molecule has 0 aliphatic heterocycles. The summed E-state index contributed by atoms with van der Waals surface area (Å²) in [5.41, 5.74) is 1.92. The number of carbonyl (C=O) groups excluding carboxylic acids is 2. The number of rotatable bonds is 5. The van der Waals surface area contributed by atoms with Crippen LogP contribution in [0.25, 0.3) is 16.3 Å². The van der Waals surface area contributed by atoms with Gasteiger partial charge in [-0.3, -0.25) is 4.79 Å². The van der Waals surface area contributed by atoms with Gasteiger partial charge in [0.05, 0.1) is 10.2 Å². The Morgan fingerprint density at radius 3 is 2.67 bits per heavy atom. The molecule has 3 rings (SSSR count). The highest BCUT2D eigenvalue weighted by atomic mass is 32.1. The van der Waals surface area contributed by atoms with Crippen molar-refractivity contribution in [3.63, 3.8) is 0 Å². The number of thiazole rings is 1. The fourth-order valence-corrected chi connectivity index (χ4v) is 3.59. The van der Waals surface area contributed by atoms with E-state index in [0.717, 1.165) is 20.8 Å². The standard InChI is InChI=1S/C23H25N3O3S/c1-23(2,3)29-22(28)26(4)15-16-8-7-9-17(14-16)24-20(27)12-13-21-25-18-10-5-6-11-19(18)30-21/h5-14H,15H2,1-4H3,(H,24,27)/b13-12+. The molecule has 0 fully saturated rings. The number of hydrogen-bond acceptors (Lipinski definition) is 5. The van der Waals surface area contributed by atoms with Gasteiger partial charge in [0, 0.05) is 25.4 Å². The van der Waals surface area contributed by atoms with Crippen LogP contribution in [0, 0.1) is 0 Å². The molecule has 0 saturated carbocycles. The highest BCUT2D eigenvalue weighted by molar-refractivity contribution is 7.19. The zero-order valence-electron chi connectivity index (χ0n) is 17.5. The van der Waals surface area contributed by atoms with Gasteiger partial charge in [0.15, 0.2) is 0 Å². The molecule has 0 aliphatic carbocycles. The number of benzene rings is 2. The second-order valence-electron chi connectivity index (χ2n) is 7.88. The fourth-order valence-electron chi connectivity index (χ4n) is 2.72. The van der Waals surface area contributed by atoms with Crippen molar-refractivity contribution in [1.29, 1.82) is 0 Å². The van der Waals surface area contributed by atoms with Gasteiger partial charge in [-0.15, -0.1) is 11.3 Å². The number of nitrogens with one attached hydrogen (secondary N) is 1. The number of para-hydroxylation sites is 1. The number of anilines is 1. The van der Waals surface area contributed by atoms with Crippen molar-refractivity contribution in [2.75, 3.05) is 12.4 Å². The Hall–Kier alpha value is -3.19. The van der Waals surface area contributed by atoms with Crippen molar-refractivity contribution in [2.45, 2.75) is 32.9 Å². The van der Waals surface area contributed by atoms with E-state index < -0.39 is 11.7 Å². The maximum absolute atomic E-state index is 12.3. The summed E-state index contributed by atoms with van der Waals surface area (Å²) >= 11 is 1.53. The third kappa shape index (κ3) is 6.15. The first-order chi connectivity index (χ1) is 14.2. The number of hydrogen-bond donors (Lipinski definition) is 1. The number of nitrogens with zero attached hydrogens (tertiary/aromatic N) is 2. The monoisotopic (exact) mass is 423 g/mol. The first-order valence-electron chi connectivity index (χ1n) is 9.57. The van der Waals surface area contributed by atoms with Crippen LogP contribution in [0.1, 0.15) is 31.3 Å². The van der Waals surface area contributed by atoms with Crippen molar-refractivity contribution in [3.05, 3.63) is 65.2 Å². The van der Waals surface area contributed by atoms with E-state index in [1.54, 1.807) is 19.2 Å². The van der Waals surface area contributed by atoms with Gasteiger partial charge in [0.25, 0.3) is 0 Å². The molecule has 1 heterocycles. The van der Waals surface area contributed by atoms with Crippen molar-refractivity contribution in [3.8, 4) is 0 Å². The summed E-state index contributed by atoms with van der Waals surface area (Å²) in [7, 11) is 1.68. The lowest BCUT2D eigenvalue weighted by molar-refractivity contribution is -0.111. The molecule has 1 N–H and O–H groups in total. The summed E-state index contributed by atoms with van der Waals surface area (Å²) in [5, 5.41) is 3.62. The molecule has 3 aromatic rings. The van der Waals surface area contributed by atoms with Crippen molar-refractivity contribution < 1.29 is 14.3 Å². The number of ether oxygens (including phenoxy) is 1. The molecule has 0 saturated heterocycles. The number of amides is 2. The lowest BCUT2D eigenvalue weighted by Gasteiger charge is -2.24. The first-order valence-corrected chi connectivity index (χ1v) is 10.4. The van der Waals surface area contributed by atoms with Crippen molar-refractivity contribution in [1.82, 2.24) is 9.88 Å². The van der Waals surface area contributed by atoms with Crippen LogP contribution in [0.15, 0.2) is 54.6 Å². The summed E-state index contributed by atoms with van der Waals surface area (Å²) in [4.78, 5) is 30.4. The van der Waals surface area contributed by atoms with Crippen LogP contribution in [-0.4, -0.2) is 34.5 Å². The lowest BCUT2D eigenvalue weighted by atomic mass is 10.2. The zero-order valence-corrected chi connectivity index (χ0v) is 18.3. The van der Waals surface area contributed by atoms with E-state index in [-0.39, 0.29) is 5.91 Å². The third-order valence-corrected chi connectivity index (χ3v) is 5.01. The normalized spacial score (nSPS) is 11.6. The molecule has 7 heteroatoms. The van der Waals surface area contributed by atoms with E-state index >= 15 is 0 Å². The summed E-state index contributed by atoms with van der Waals surface area (Å²) in [6, 6.07) is 15.2. The molecule has 0 spiro atoms. The Morgan fingerprint density at radius 2 is 1.93 bits per heavy atom. The molecule has 0 atom stereocenters. The Morgan fingerprint density at radius 1 is 1.17 bits per heavy atom. The quantitative estimate of drug-likeness (QED) is 0.564. The number of fused-ring (bicyclic) bond motifs is 1. The first kappa shape index (κ1) is 21.5. The van der Waals surface area contributed by atoms with E-state index in [9.17, 15) is 9.59 Å². The molecule has 156 valence electrons. The SMILES string of the molecule is CN(Cc1cccc(NC(=O)/C=C/c2nc3ccccc3s2)c1)C(=O)OC(C)(C)C. The summed E-state index contributed by atoms with van der Waals surface area (Å²) in [6.07, 6.45) is 2.79. The molecular weight excluding hydrogens is 398 g/mol. The maximum Gasteiger partial charge on any atom is 0.410 e. The minimum atomic E-state index is -0.545. The Bertz CT molecular complexity index is 1050. The van der Waals surface area contributed by atoms with E-state index in [0.29, 0.717) is 12.2 Å². The maximum atomic E-state index is 12.3. The molecular formula is C23H25N3O3S. The van der Waals surface area contributed by atoms with Gasteiger partial charge in [-0.05, 0) is 56.7 Å². The van der Waals surface area contributed by atoms with Crippen molar-refractivity contribution in [2.24, 2.45) is 0 Å². The molecule has 0 aliphatic rings. The fraction of sp³-hybridized carbons (Fsp3) is 0.261. The van der Waals surface area contributed by atoms with Crippen LogP contribution >= 0.6 is 11.3 Å². The van der Waals surface area contributed by atoms with Gasteiger partial charge in [0.1, 0.15) is 10.6 Å². The van der Waals surface area contributed by atoms with Gasteiger partial charge in [-0.2, -0.15) is 0 Å². The van der Waals surface area contributed by atoms with Crippen LogP contribution in [0.2, 0.25) is 0 Å². The van der Waals surface area contributed by atoms with Gasteiger partial charge in [-0.25, -0.2) is 9.78 Å². The molecule has 6 nitrogen and oxygen atoms in total. The Kier molecular flexibility index (Phi) is 6.52. The summed E-state index contributed by atoms with van der Waals surface area (Å²) < 4.78 is 6.45. The average Bonchev–Trinajstić information content (AvgIpc) is 3.08. The minimum Gasteiger partial charge on any atom is -0.444 e. The molecule has 0 unspecified atom stereocenters. The van der Waals surface area contributed by atoms with E-state index in [4.69, 9.17) is 4.74 Å². The largest absolute Gasteiger partial charge is 0.444 e. The van der Waals surface area contributed by atoms with E-state index in [1.807, 2.05) is 63.2 Å². The van der Waals surface area contributed by atoms with Gasteiger partial charge < -0.3 is 15.0 Å². The average molecular weight is 424 g/mol. The van der Waals surface area contributed by atoms with Crippen molar-refractivity contribution >= 4 is 45.3 Å². The second kappa shape index (κ2) is 9.09. The third-order valence-electron chi connectivity index (χ3n) is 4.01. The Labute approximate surface area is 180 Å². The lowest BCUT2D eigenvalue weighted by Crippen LogP contribution is -2.33. The molecule has 2 aromatic carbocycles. The van der Waals surface area contributed by atoms with Gasteiger partial charge in [0.2, 0.25) is 5.91 Å². The molecule has 30 heavy (non-hydrogen) atoms.